The molecule has 0 radical (unpaired) electrons. The van der Waals surface area contributed by atoms with Gasteiger partial charge in [-0.05, 0) is 36.5 Å². The van der Waals surface area contributed by atoms with Crippen LogP contribution in [0.15, 0.2) is 53.7 Å². The van der Waals surface area contributed by atoms with Crippen LogP contribution in [0.5, 0.6) is 0 Å². The van der Waals surface area contributed by atoms with E-state index in [9.17, 15) is 0 Å². The Labute approximate surface area is 162 Å². The first-order valence-electron chi connectivity index (χ1n) is 10.0. The molecule has 0 unspecified atom stereocenters. The number of rotatable bonds is 6. The molecule has 2 aromatic rings. The normalized spacial score (nSPS) is 15.3. The molecule has 0 amide bonds. The van der Waals surface area contributed by atoms with E-state index in [2.05, 4.69) is 61.9 Å². The van der Waals surface area contributed by atoms with E-state index in [0.717, 1.165) is 44.4 Å². The molecular formula is C22H31N5. The number of guanidine groups is 1. The topological polar surface area (TPSA) is 52.6 Å². The summed E-state index contributed by atoms with van der Waals surface area (Å²) in [5.41, 5.74) is 2.49. The zero-order valence-corrected chi connectivity index (χ0v) is 16.3. The van der Waals surface area contributed by atoms with Crippen LogP contribution in [0, 0.1) is 0 Å². The minimum absolute atomic E-state index is 0.721. The Kier molecular flexibility index (Phi) is 7.51. The fourth-order valence-electron chi connectivity index (χ4n) is 3.38. The van der Waals surface area contributed by atoms with Crippen LogP contribution in [0.25, 0.3) is 0 Å². The standard InChI is InChI=1S/C22H31N5/c1-23-22(24-14-13-19-9-5-4-6-10-19)26-18-20-11-12-21(25-17-20)27-15-7-2-3-8-16-27/h4-6,9-12,17H,2-3,7-8,13-16,18H2,1H3,(H2,23,24,26). The van der Waals surface area contributed by atoms with Gasteiger partial charge in [0.25, 0.3) is 0 Å². The zero-order chi connectivity index (χ0) is 18.7. The van der Waals surface area contributed by atoms with Crippen molar-refractivity contribution in [3.63, 3.8) is 0 Å². The van der Waals surface area contributed by atoms with Crippen molar-refractivity contribution < 1.29 is 0 Å². The van der Waals surface area contributed by atoms with Gasteiger partial charge in [0, 0.05) is 39.4 Å². The van der Waals surface area contributed by atoms with Crippen LogP contribution in [0.1, 0.15) is 36.8 Å². The third-order valence-electron chi connectivity index (χ3n) is 4.97. The highest BCUT2D eigenvalue weighted by Crippen LogP contribution is 2.17. The number of aromatic nitrogens is 1. The Bertz CT molecular complexity index is 688. The summed E-state index contributed by atoms with van der Waals surface area (Å²) in [5, 5.41) is 6.73. The molecule has 0 bridgehead atoms. The maximum absolute atomic E-state index is 4.68. The highest BCUT2D eigenvalue weighted by atomic mass is 15.2. The average molecular weight is 366 g/mol. The number of pyridine rings is 1. The van der Waals surface area contributed by atoms with E-state index in [1.807, 2.05) is 12.3 Å². The summed E-state index contributed by atoms with van der Waals surface area (Å²) >= 11 is 0. The number of aliphatic imine (C=N–C) groups is 1. The van der Waals surface area contributed by atoms with Gasteiger partial charge in [-0.2, -0.15) is 0 Å². The average Bonchev–Trinajstić information content (AvgIpc) is 3.01. The van der Waals surface area contributed by atoms with Crippen molar-refractivity contribution in [2.24, 2.45) is 4.99 Å². The molecule has 1 aromatic heterocycles. The van der Waals surface area contributed by atoms with Crippen molar-refractivity contribution in [2.75, 3.05) is 31.6 Å². The molecule has 2 N–H and O–H groups in total. The lowest BCUT2D eigenvalue weighted by Crippen LogP contribution is -2.37. The Morgan fingerprint density at radius 2 is 1.74 bits per heavy atom. The first-order valence-corrected chi connectivity index (χ1v) is 10.0. The highest BCUT2D eigenvalue weighted by molar-refractivity contribution is 5.79. The SMILES string of the molecule is CN=C(NCCc1ccccc1)NCc1ccc(N2CCCCCC2)nc1. The highest BCUT2D eigenvalue weighted by Gasteiger charge is 2.10. The predicted molar refractivity (Wildman–Crippen MR) is 113 cm³/mol. The maximum atomic E-state index is 4.68. The Morgan fingerprint density at radius 3 is 2.41 bits per heavy atom. The predicted octanol–water partition coefficient (Wildman–Crippen LogP) is 3.37. The summed E-state index contributed by atoms with van der Waals surface area (Å²) in [6.45, 7) is 3.83. The summed E-state index contributed by atoms with van der Waals surface area (Å²) in [6, 6.07) is 14.8. The van der Waals surface area contributed by atoms with Crippen LogP contribution < -0.4 is 15.5 Å². The summed E-state index contributed by atoms with van der Waals surface area (Å²) in [5.74, 6) is 1.92. The lowest BCUT2D eigenvalue weighted by molar-refractivity contribution is 0.726. The molecule has 5 nitrogen and oxygen atoms in total. The number of hydrogen-bond acceptors (Lipinski definition) is 3. The molecule has 144 valence electrons. The van der Waals surface area contributed by atoms with Crippen LogP contribution >= 0.6 is 0 Å². The molecule has 27 heavy (non-hydrogen) atoms. The second kappa shape index (κ2) is 10.6. The molecule has 1 saturated heterocycles. The van der Waals surface area contributed by atoms with E-state index < -0.39 is 0 Å². The fraction of sp³-hybridized carbons (Fsp3) is 0.455. The van der Waals surface area contributed by atoms with Crippen LogP contribution in [-0.2, 0) is 13.0 Å². The summed E-state index contributed by atoms with van der Waals surface area (Å²) < 4.78 is 0. The van der Waals surface area contributed by atoms with Gasteiger partial charge in [-0.3, -0.25) is 4.99 Å². The molecule has 2 heterocycles. The molecule has 1 fully saturated rings. The van der Waals surface area contributed by atoms with Crippen molar-refractivity contribution in [1.29, 1.82) is 0 Å². The maximum Gasteiger partial charge on any atom is 0.191 e. The molecule has 1 aliphatic heterocycles. The van der Waals surface area contributed by atoms with Crippen LogP contribution in [0.3, 0.4) is 0 Å². The molecule has 0 spiro atoms. The number of hydrogen-bond donors (Lipinski definition) is 2. The van der Waals surface area contributed by atoms with Gasteiger partial charge in [0.2, 0.25) is 0 Å². The number of nitrogens with one attached hydrogen (secondary N) is 2. The van der Waals surface area contributed by atoms with Crippen molar-refractivity contribution in [3.8, 4) is 0 Å². The van der Waals surface area contributed by atoms with E-state index in [1.54, 1.807) is 7.05 Å². The Morgan fingerprint density at radius 1 is 0.963 bits per heavy atom. The molecule has 3 rings (SSSR count). The minimum Gasteiger partial charge on any atom is -0.357 e. The summed E-state index contributed by atoms with van der Waals surface area (Å²) in [4.78, 5) is 11.4. The van der Waals surface area contributed by atoms with Gasteiger partial charge in [0.05, 0.1) is 0 Å². The fourth-order valence-corrected chi connectivity index (χ4v) is 3.38. The first-order chi connectivity index (χ1) is 13.3. The minimum atomic E-state index is 0.721. The monoisotopic (exact) mass is 365 g/mol. The number of nitrogens with zero attached hydrogens (tertiary/aromatic N) is 3. The van der Waals surface area contributed by atoms with Gasteiger partial charge < -0.3 is 15.5 Å². The second-order valence-corrected chi connectivity index (χ2v) is 7.01. The lowest BCUT2D eigenvalue weighted by Gasteiger charge is -2.21. The Balaban J connectivity index is 1.43. The first kappa shape index (κ1) is 19.2. The van der Waals surface area contributed by atoms with Crippen LogP contribution in [-0.4, -0.2) is 37.6 Å². The number of anilines is 1. The van der Waals surface area contributed by atoms with Crippen molar-refractivity contribution in [1.82, 2.24) is 15.6 Å². The van der Waals surface area contributed by atoms with Crippen molar-refractivity contribution in [2.45, 2.75) is 38.6 Å². The van der Waals surface area contributed by atoms with E-state index in [1.165, 1.54) is 36.8 Å². The molecule has 1 aromatic carbocycles. The lowest BCUT2D eigenvalue weighted by atomic mass is 10.1. The molecule has 1 aliphatic rings. The number of benzene rings is 1. The van der Waals surface area contributed by atoms with Gasteiger partial charge in [-0.1, -0.05) is 49.2 Å². The van der Waals surface area contributed by atoms with E-state index >= 15 is 0 Å². The molecular weight excluding hydrogens is 334 g/mol. The second-order valence-electron chi connectivity index (χ2n) is 7.01. The third-order valence-corrected chi connectivity index (χ3v) is 4.97. The van der Waals surface area contributed by atoms with Gasteiger partial charge in [0.1, 0.15) is 5.82 Å². The Hall–Kier alpha value is -2.56. The van der Waals surface area contributed by atoms with Crippen molar-refractivity contribution >= 4 is 11.8 Å². The van der Waals surface area contributed by atoms with Crippen LogP contribution in [0.4, 0.5) is 5.82 Å². The van der Waals surface area contributed by atoms with E-state index in [-0.39, 0.29) is 0 Å². The van der Waals surface area contributed by atoms with Gasteiger partial charge in [-0.25, -0.2) is 4.98 Å². The van der Waals surface area contributed by atoms with Crippen molar-refractivity contribution in [3.05, 3.63) is 59.8 Å². The van der Waals surface area contributed by atoms with Gasteiger partial charge in [-0.15, -0.1) is 0 Å². The molecule has 0 saturated carbocycles. The molecule has 0 atom stereocenters. The third kappa shape index (κ3) is 6.27. The summed E-state index contributed by atoms with van der Waals surface area (Å²) in [7, 11) is 1.80. The smallest absolute Gasteiger partial charge is 0.191 e. The zero-order valence-electron chi connectivity index (χ0n) is 16.3. The molecule has 0 aliphatic carbocycles. The van der Waals surface area contributed by atoms with E-state index in [0.29, 0.717) is 0 Å². The van der Waals surface area contributed by atoms with Crippen LogP contribution in [0.2, 0.25) is 0 Å². The summed E-state index contributed by atoms with van der Waals surface area (Å²) in [6.07, 6.45) is 8.19. The molecule has 5 heteroatoms. The van der Waals surface area contributed by atoms with Gasteiger partial charge >= 0.3 is 0 Å². The van der Waals surface area contributed by atoms with Gasteiger partial charge in [0.15, 0.2) is 5.96 Å². The van der Waals surface area contributed by atoms with E-state index in [4.69, 9.17) is 0 Å². The quantitative estimate of drug-likeness (QED) is 0.609. The largest absolute Gasteiger partial charge is 0.357 e.